The predicted molar refractivity (Wildman–Crippen MR) is 111 cm³/mol. The van der Waals surface area contributed by atoms with Crippen molar-refractivity contribution in [3.63, 3.8) is 0 Å². The lowest BCUT2D eigenvalue weighted by Gasteiger charge is -2.34. The topological polar surface area (TPSA) is 67.3 Å². The molecule has 3 heterocycles. The van der Waals surface area contributed by atoms with E-state index in [0.29, 0.717) is 23.2 Å². The summed E-state index contributed by atoms with van der Waals surface area (Å²) in [6.07, 6.45) is 6.68. The van der Waals surface area contributed by atoms with Crippen molar-refractivity contribution >= 4 is 27.7 Å². The number of likely N-dealkylation sites (tertiary alicyclic amines) is 1. The van der Waals surface area contributed by atoms with Gasteiger partial charge in [-0.2, -0.15) is 0 Å². The molecule has 1 fully saturated rings. The Morgan fingerprint density at radius 3 is 2.21 bits per heavy atom. The van der Waals surface area contributed by atoms with Crippen molar-refractivity contribution in [3.8, 4) is 0 Å². The van der Waals surface area contributed by atoms with Crippen LogP contribution in [0.25, 0.3) is 0 Å². The summed E-state index contributed by atoms with van der Waals surface area (Å²) in [7, 11) is 0. The first-order valence-corrected chi connectivity index (χ1v) is 10.0. The van der Waals surface area contributed by atoms with Crippen molar-refractivity contribution in [2.24, 2.45) is 0 Å². The molecule has 1 aliphatic rings. The first-order valence-electron chi connectivity index (χ1n) is 9.24. The number of rotatable bonds is 2. The minimum Gasteiger partial charge on any atom is -0.444 e. The number of hydrogen-bond donors (Lipinski definition) is 1. The zero-order valence-corrected chi connectivity index (χ0v) is 18.2. The molecule has 2 aromatic rings. The third-order valence-electron chi connectivity index (χ3n) is 4.00. The number of carbonyl (C=O) groups is 1. The van der Waals surface area contributed by atoms with E-state index in [9.17, 15) is 13.6 Å². The average Bonchev–Trinajstić information content (AvgIpc) is 2.66. The van der Waals surface area contributed by atoms with Crippen LogP contribution in [0.3, 0.4) is 0 Å². The van der Waals surface area contributed by atoms with E-state index in [2.05, 4.69) is 31.2 Å². The van der Waals surface area contributed by atoms with Crippen LogP contribution in [0.4, 0.5) is 19.3 Å². The molecule has 2 aromatic heterocycles. The molecule has 0 bridgehead atoms. The first-order chi connectivity index (χ1) is 13.7. The van der Waals surface area contributed by atoms with E-state index >= 15 is 0 Å². The Labute approximate surface area is 177 Å². The van der Waals surface area contributed by atoms with Gasteiger partial charge in [0.15, 0.2) is 11.6 Å². The number of carbonyl (C=O) groups excluding carboxylic acids is 1. The smallest absolute Gasteiger partial charge is 0.410 e. The molecule has 158 valence electrons. The van der Waals surface area contributed by atoms with Gasteiger partial charge in [-0.1, -0.05) is 0 Å². The van der Waals surface area contributed by atoms with Gasteiger partial charge in [-0.3, -0.25) is 9.97 Å². The van der Waals surface area contributed by atoms with E-state index in [4.69, 9.17) is 4.74 Å². The summed E-state index contributed by atoms with van der Waals surface area (Å²) in [6, 6.07) is 3.32. The van der Waals surface area contributed by atoms with Crippen molar-refractivity contribution in [1.29, 1.82) is 0 Å². The lowest BCUT2D eigenvalue weighted by atomic mass is 10.1. The monoisotopic (exact) mass is 470 g/mol. The van der Waals surface area contributed by atoms with Gasteiger partial charge in [-0.25, -0.2) is 13.6 Å². The number of halogens is 3. The van der Waals surface area contributed by atoms with E-state index in [1.165, 1.54) is 12.4 Å². The van der Waals surface area contributed by atoms with Crippen LogP contribution in [0, 0.1) is 11.6 Å². The Bertz CT molecular complexity index is 788. The maximum atomic E-state index is 13.5. The quantitative estimate of drug-likeness (QED) is 0.667. The number of nitrogens with zero attached hydrogens (tertiary/aromatic N) is 3. The predicted octanol–water partition coefficient (Wildman–Crippen LogP) is 5.02. The molecule has 1 N–H and O–H groups in total. The number of amides is 1. The first kappa shape index (κ1) is 23.0. The third-order valence-corrected chi connectivity index (χ3v) is 4.64. The molecule has 0 saturated carbocycles. The van der Waals surface area contributed by atoms with E-state index in [1.54, 1.807) is 23.2 Å². The van der Waals surface area contributed by atoms with Crippen LogP contribution in [0.15, 0.2) is 41.4 Å². The number of piperidine rings is 1. The van der Waals surface area contributed by atoms with Crippen LogP contribution in [0.2, 0.25) is 0 Å². The highest BCUT2D eigenvalue weighted by Crippen LogP contribution is 2.20. The summed E-state index contributed by atoms with van der Waals surface area (Å²) >= 11 is 2.98. The zero-order valence-electron chi connectivity index (χ0n) is 16.7. The summed E-state index contributed by atoms with van der Waals surface area (Å²) in [5, 5.41) is 3.16. The summed E-state index contributed by atoms with van der Waals surface area (Å²) in [4.78, 5) is 20.9. The maximum absolute atomic E-state index is 13.5. The molecule has 29 heavy (non-hydrogen) atoms. The van der Waals surface area contributed by atoms with Gasteiger partial charge < -0.3 is 15.0 Å². The molecule has 1 saturated heterocycles. The average molecular weight is 471 g/mol. The van der Waals surface area contributed by atoms with E-state index in [1.807, 2.05) is 20.8 Å². The fourth-order valence-electron chi connectivity index (χ4n) is 2.60. The zero-order chi connectivity index (χ0) is 21.4. The fraction of sp³-hybridized carbons (Fsp3) is 0.450. The summed E-state index contributed by atoms with van der Waals surface area (Å²) < 4.78 is 31.5. The molecule has 0 atom stereocenters. The molecule has 0 aromatic carbocycles. The van der Waals surface area contributed by atoms with Crippen molar-refractivity contribution in [2.75, 3.05) is 18.4 Å². The highest BCUT2D eigenvalue weighted by molar-refractivity contribution is 9.10. The SMILES string of the molecule is CC(C)(C)OC(=O)N1CCC(Nc2ccncc2F)CC1.Fc1cnccc1Br. The van der Waals surface area contributed by atoms with Crippen LogP contribution in [0.5, 0.6) is 0 Å². The van der Waals surface area contributed by atoms with Gasteiger partial charge in [0.2, 0.25) is 0 Å². The number of pyridine rings is 2. The molecule has 3 rings (SSSR count). The number of nitrogens with one attached hydrogen (secondary N) is 1. The standard InChI is InChI=1S/C15H22FN3O2.C5H3BrFN/c1-15(2,3)21-14(20)19-8-5-11(6-9-19)18-13-4-7-17-10-12(13)16;6-4-1-2-8-3-5(4)7/h4,7,10-11H,5-6,8-9H2,1-3H3,(H,17,18);1-3H. The molecule has 0 unspecified atom stereocenters. The van der Waals surface area contributed by atoms with Gasteiger partial charge in [0, 0.05) is 31.5 Å². The molecule has 1 aliphatic heterocycles. The maximum Gasteiger partial charge on any atom is 0.410 e. The summed E-state index contributed by atoms with van der Waals surface area (Å²) in [6.45, 7) is 6.78. The molecule has 0 radical (unpaired) electrons. The Morgan fingerprint density at radius 1 is 1.14 bits per heavy atom. The second-order valence-electron chi connectivity index (χ2n) is 7.53. The second kappa shape index (κ2) is 10.5. The second-order valence-corrected chi connectivity index (χ2v) is 8.39. The molecular formula is C20H25BrF2N4O2. The van der Waals surface area contributed by atoms with Crippen molar-refractivity contribution < 1.29 is 18.3 Å². The van der Waals surface area contributed by atoms with Gasteiger partial charge in [0.05, 0.1) is 22.6 Å². The highest BCUT2D eigenvalue weighted by atomic mass is 79.9. The van der Waals surface area contributed by atoms with Crippen LogP contribution in [-0.2, 0) is 4.74 Å². The van der Waals surface area contributed by atoms with E-state index in [0.717, 1.165) is 19.0 Å². The molecular weight excluding hydrogens is 446 g/mol. The Morgan fingerprint density at radius 2 is 1.72 bits per heavy atom. The molecule has 0 spiro atoms. The summed E-state index contributed by atoms with van der Waals surface area (Å²) in [5.74, 6) is -0.681. The van der Waals surface area contributed by atoms with Gasteiger partial charge in [0.25, 0.3) is 0 Å². The van der Waals surface area contributed by atoms with Gasteiger partial charge in [-0.05, 0) is 61.7 Å². The van der Waals surface area contributed by atoms with Crippen molar-refractivity contribution in [1.82, 2.24) is 14.9 Å². The van der Waals surface area contributed by atoms with Crippen molar-refractivity contribution in [3.05, 3.63) is 53.0 Å². The van der Waals surface area contributed by atoms with E-state index < -0.39 is 5.60 Å². The number of aromatic nitrogens is 2. The van der Waals surface area contributed by atoms with E-state index in [-0.39, 0.29) is 23.8 Å². The molecule has 6 nitrogen and oxygen atoms in total. The van der Waals surface area contributed by atoms with Crippen LogP contribution >= 0.6 is 15.9 Å². The number of anilines is 1. The molecule has 1 amide bonds. The molecule has 0 aliphatic carbocycles. The largest absolute Gasteiger partial charge is 0.444 e. The van der Waals surface area contributed by atoms with Crippen LogP contribution in [0.1, 0.15) is 33.6 Å². The van der Waals surface area contributed by atoms with Crippen molar-refractivity contribution in [2.45, 2.75) is 45.3 Å². The molecule has 9 heteroatoms. The Balaban J connectivity index is 0.000000313. The number of ether oxygens (including phenoxy) is 1. The van der Waals surface area contributed by atoms with Gasteiger partial charge >= 0.3 is 6.09 Å². The minimum absolute atomic E-state index is 0.153. The normalized spacial score (nSPS) is 14.6. The fourth-order valence-corrected chi connectivity index (χ4v) is 2.82. The number of hydrogen-bond acceptors (Lipinski definition) is 5. The lowest BCUT2D eigenvalue weighted by molar-refractivity contribution is 0.0210. The minimum atomic E-state index is -0.480. The highest BCUT2D eigenvalue weighted by Gasteiger charge is 2.27. The summed E-state index contributed by atoms with van der Waals surface area (Å²) in [5.41, 5.74) is -0.0208. The Kier molecular flexibility index (Phi) is 8.31. The van der Waals surface area contributed by atoms with Crippen LogP contribution < -0.4 is 5.32 Å². The Hall–Kier alpha value is -2.29. The van der Waals surface area contributed by atoms with Gasteiger partial charge in [0.1, 0.15) is 5.60 Å². The third kappa shape index (κ3) is 7.92. The lowest BCUT2D eigenvalue weighted by Crippen LogP contribution is -2.44. The van der Waals surface area contributed by atoms with Crippen LogP contribution in [-0.4, -0.2) is 45.7 Å². The van der Waals surface area contributed by atoms with Gasteiger partial charge in [-0.15, -0.1) is 0 Å².